The van der Waals surface area contributed by atoms with Crippen molar-refractivity contribution in [3.8, 4) is 11.5 Å². The number of hydrogen-bond acceptors (Lipinski definition) is 4. The molecule has 0 aliphatic heterocycles. The van der Waals surface area contributed by atoms with E-state index in [2.05, 4.69) is 12.2 Å². The number of para-hydroxylation sites is 1. The molecule has 0 saturated carbocycles. The number of rotatable bonds is 10. The van der Waals surface area contributed by atoms with Gasteiger partial charge in [0.15, 0.2) is 0 Å². The molecule has 0 aliphatic carbocycles. The highest BCUT2D eigenvalue weighted by Gasteiger charge is 2.09. The molecule has 7 heteroatoms. The summed E-state index contributed by atoms with van der Waals surface area (Å²) in [6.45, 7) is 3.29. The molecule has 2 aromatic rings. The second-order valence-corrected chi connectivity index (χ2v) is 7.29. The lowest BCUT2D eigenvalue weighted by Crippen LogP contribution is -2.15. The van der Waals surface area contributed by atoms with Gasteiger partial charge in [-0.25, -0.2) is 0 Å². The molecule has 0 saturated heterocycles. The third kappa shape index (κ3) is 6.98. The fourth-order valence-corrected chi connectivity index (χ4v) is 3.12. The smallest absolute Gasteiger partial charge is 0.234 e. The molecule has 4 nitrogen and oxygen atoms in total. The second-order valence-electron chi connectivity index (χ2n) is 5.37. The fourth-order valence-electron chi connectivity index (χ4n) is 2.03. The van der Waals surface area contributed by atoms with Gasteiger partial charge in [0.1, 0.15) is 11.5 Å². The zero-order chi connectivity index (χ0) is 18.8. The lowest BCUT2D eigenvalue weighted by atomic mass is 10.3. The number of carbonyl (C=O) groups excluding carboxylic acids is 1. The Morgan fingerprint density at radius 1 is 1.00 bits per heavy atom. The number of thioether (sulfide) groups is 1. The maximum absolute atomic E-state index is 12.0. The van der Waals surface area contributed by atoms with Crippen LogP contribution >= 0.6 is 35.0 Å². The Hall–Kier alpha value is -1.56. The van der Waals surface area contributed by atoms with E-state index in [0.717, 1.165) is 17.9 Å². The van der Waals surface area contributed by atoms with Crippen molar-refractivity contribution < 1.29 is 14.3 Å². The fraction of sp³-hybridized carbons (Fsp3) is 0.316. The first kappa shape index (κ1) is 20.7. The first-order valence-corrected chi connectivity index (χ1v) is 10.2. The molecule has 0 unspecified atom stereocenters. The largest absolute Gasteiger partial charge is 0.494 e. The molecule has 1 amide bonds. The van der Waals surface area contributed by atoms with Gasteiger partial charge in [0.2, 0.25) is 5.91 Å². The third-order valence-electron chi connectivity index (χ3n) is 3.25. The Bertz CT molecular complexity index is 690. The summed E-state index contributed by atoms with van der Waals surface area (Å²) in [5.41, 5.74) is 0.447. The number of anilines is 1. The standard InChI is InChI=1S/C19H21Cl2NO3S/c1-2-10-24-14-6-8-15(9-7-14)25-11-12-26-13-18(23)22-19-16(20)4-3-5-17(19)21/h3-9H,2,10-13H2,1H3,(H,22,23). The van der Waals surface area contributed by atoms with Gasteiger partial charge in [0.05, 0.1) is 34.7 Å². The molecule has 0 aromatic heterocycles. The van der Waals surface area contributed by atoms with Gasteiger partial charge >= 0.3 is 0 Å². The van der Waals surface area contributed by atoms with Gasteiger partial charge in [-0.1, -0.05) is 36.2 Å². The highest BCUT2D eigenvalue weighted by Crippen LogP contribution is 2.29. The molecule has 0 atom stereocenters. The molecule has 140 valence electrons. The van der Waals surface area contributed by atoms with Crippen molar-refractivity contribution in [3.05, 3.63) is 52.5 Å². The number of halogens is 2. The topological polar surface area (TPSA) is 47.6 Å². The molecule has 0 bridgehead atoms. The summed E-state index contributed by atoms with van der Waals surface area (Å²) in [4.78, 5) is 12.0. The van der Waals surface area contributed by atoms with E-state index < -0.39 is 0 Å². The van der Waals surface area contributed by atoms with Crippen molar-refractivity contribution in [2.45, 2.75) is 13.3 Å². The number of ether oxygens (including phenoxy) is 2. The Labute approximate surface area is 168 Å². The Morgan fingerprint density at radius 3 is 2.15 bits per heavy atom. The normalized spacial score (nSPS) is 10.4. The first-order chi connectivity index (χ1) is 12.6. The molecule has 0 radical (unpaired) electrons. The Kier molecular flexibility index (Phi) is 8.95. The molecule has 0 heterocycles. The minimum Gasteiger partial charge on any atom is -0.494 e. The quantitative estimate of drug-likeness (QED) is 0.519. The van der Waals surface area contributed by atoms with Crippen LogP contribution in [0.25, 0.3) is 0 Å². The average Bonchev–Trinajstić information content (AvgIpc) is 2.64. The van der Waals surface area contributed by atoms with E-state index in [1.807, 2.05) is 24.3 Å². The third-order valence-corrected chi connectivity index (χ3v) is 4.80. The van der Waals surface area contributed by atoms with Gasteiger partial charge in [-0.2, -0.15) is 0 Å². The minimum absolute atomic E-state index is 0.151. The van der Waals surface area contributed by atoms with Crippen LogP contribution in [0.3, 0.4) is 0 Å². The van der Waals surface area contributed by atoms with Gasteiger partial charge in [0.25, 0.3) is 0 Å². The van der Waals surface area contributed by atoms with Crippen molar-refractivity contribution in [1.29, 1.82) is 0 Å². The van der Waals surface area contributed by atoms with E-state index in [1.54, 1.807) is 18.2 Å². The van der Waals surface area contributed by atoms with Crippen LogP contribution in [-0.4, -0.2) is 30.6 Å². The van der Waals surface area contributed by atoms with Crippen LogP contribution < -0.4 is 14.8 Å². The number of carbonyl (C=O) groups is 1. The highest BCUT2D eigenvalue weighted by molar-refractivity contribution is 7.99. The van der Waals surface area contributed by atoms with Crippen LogP contribution in [-0.2, 0) is 4.79 Å². The lowest BCUT2D eigenvalue weighted by Gasteiger charge is -2.10. The summed E-state index contributed by atoms with van der Waals surface area (Å²) in [6.07, 6.45) is 0.978. The molecule has 2 aromatic carbocycles. The van der Waals surface area contributed by atoms with Crippen LogP contribution in [0.15, 0.2) is 42.5 Å². The SMILES string of the molecule is CCCOc1ccc(OCCSCC(=O)Nc2c(Cl)cccc2Cl)cc1. The van der Waals surface area contributed by atoms with Crippen molar-refractivity contribution in [2.24, 2.45) is 0 Å². The molecule has 2 rings (SSSR count). The van der Waals surface area contributed by atoms with Crippen molar-refractivity contribution in [3.63, 3.8) is 0 Å². The van der Waals surface area contributed by atoms with E-state index in [9.17, 15) is 4.79 Å². The van der Waals surface area contributed by atoms with Gasteiger partial charge in [-0.3, -0.25) is 4.79 Å². The van der Waals surface area contributed by atoms with Crippen LogP contribution in [0, 0.1) is 0 Å². The van der Waals surface area contributed by atoms with Crippen LogP contribution in [0.5, 0.6) is 11.5 Å². The highest BCUT2D eigenvalue weighted by atomic mass is 35.5. The van der Waals surface area contributed by atoms with E-state index in [0.29, 0.717) is 40.5 Å². The van der Waals surface area contributed by atoms with E-state index in [4.69, 9.17) is 32.7 Å². The average molecular weight is 414 g/mol. The minimum atomic E-state index is -0.151. The number of hydrogen-bond donors (Lipinski definition) is 1. The first-order valence-electron chi connectivity index (χ1n) is 8.27. The lowest BCUT2D eigenvalue weighted by molar-refractivity contribution is -0.113. The van der Waals surface area contributed by atoms with Crippen molar-refractivity contribution in [2.75, 3.05) is 30.0 Å². The van der Waals surface area contributed by atoms with Crippen LogP contribution in [0.2, 0.25) is 10.0 Å². The molecule has 26 heavy (non-hydrogen) atoms. The molecular weight excluding hydrogens is 393 g/mol. The summed E-state index contributed by atoms with van der Waals surface area (Å²) < 4.78 is 11.2. The molecule has 0 spiro atoms. The van der Waals surface area contributed by atoms with E-state index >= 15 is 0 Å². The second kappa shape index (κ2) is 11.2. The summed E-state index contributed by atoms with van der Waals surface area (Å²) in [7, 11) is 0. The zero-order valence-corrected chi connectivity index (χ0v) is 16.8. The van der Waals surface area contributed by atoms with Crippen molar-refractivity contribution >= 4 is 46.6 Å². The van der Waals surface area contributed by atoms with Gasteiger partial charge in [-0.15, -0.1) is 11.8 Å². The van der Waals surface area contributed by atoms with Crippen molar-refractivity contribution in [1.82, 2.24) is 0 Å². The Balaban J connectivity index is 1.65. The predicted octanol–water partition coefficient (Wildman–Crippen LogP) is 5.53. The monoisotopic (exact) mass is 413 g/mol. The Morgan fingerprint density at radius 2 is 1.58 bits per heavy atom. The maximum atomic E-state index is 12.0. The van der Waals surface area contributed by atoms with Crippen LogP contribution in [0.1, 0.15) is 13.3 Å². The van der Waals surface area contributed by atoms with E-state index in [1.165, 1.54) is 11.8 Å². The molecular formula is C19H21Cl2NO3S. The molecule has 0 fully saturated rings. The van der Waals surface area contributed by atoms with Gasteiger partial charge < -0.3 is 14.8 Å². The summed E-state index contributed by atoms with van der Waals surface area (Å²) >= 11 is 13.5. The number of nitrogens with one attached hydrogen (secondary N) is 1. The van der Waals surface area contributed by atoms with Gasteiger partial charge in [0, 0.05) is 5.75 Å². The number of amides is 1. The predicted molar refractivity (Wildman–Crippen MR) is 110 cm³/mol. The molecule has 1 N–H and O–H groups in total. The summed E-state index contributed by atoms with van der Waals surface area (Å²) in [5, 5.41) is 3.58. The zero-order valence-electron chi connectivity index (χ0n) is 14.5. The maximum Gasteiger partial charge on any atom is 0.234 e. The van der Waals surface area contributed by atoms with Crippen LogP contribution in [0.4, 0.5) is 5.69 Å². The summed E-state index contributed by atoms with van der Waals surface area (Å²) in [5.74, 6) is 2.46. The summed E-state index contributed by atoms with van der Waals surface area (Å²) in [6, 6.07) is 12.6. The number of benzene rings is 2. The van der Waals surface area contributed by atoms with E-state index in [-0.39, 0.29) is 5.91 Å². The molecule has 0 aliphatic rings. The van der Waals surface area contributed by atoms with Gasteiger partial charge in [-0.05, 0) is 42.8 Å².